The summed E-state index contributed by atoms with van der Waals surface area (Å²) in [6.45, 7) is 0. The van der Waals surface area contributed by atoms with Crippen molar-refractivity contribution in [2.75, 3.05) is 7.11 Å². The number of ether oxygens (including phenoxy) is 1. The highest BCUT2D eigenvalue weighted by atomic mass is 32.1. The molecule has 26 heavy (non-hydrogen) atoms. The van der Waals surface area contributed by atoms with E-state index >= 15 is 0 Å². The van der Waals surface area contributed by atoms with Crippen molar-refractivity contribution >= 4 is 33.4 Å². The number of hydrogen-bond acceptors (Lipinski definition) is 5. The van der Waals surface area contributed by atoms with Crippen LogP contribution in [-0.4, -0.2) is 30.0 Å². The lowest BCUT2D eigenvalue weighted by Gasteiger charge is -2.16. The quantitative estimate of drug-likeness (QED) is 0.651. The highest BCUT2D eigenvalue weighted by molar-refractivity contribution is 7.18. The fraction of sp³-hybridized carbons (Fsp3) is 0.250. The van der Waals surface area contributed by atoms with Crippen molar-refractivity contribution < 1.29 is 14.3 Å². The lowest BCUT2D eigenvalue weighted by molar-refractivity contribution is -0.145. The number of nitrogens with zero attached hydrogens (tertiary/aromatic N) is 1. The van der Waals surface area contributed by atoms with E-state index in [0.717, 1.165) is 20.8 Å². The summed E-state index contributed by atoms with van der Waals surface area (Å²) < 4.78 is 5.93. The second-order valence-corrected chi connectivity index (χ2v) is 7.02. The van der Waals surface area contributed by atoms with E-state index in [-0.39, 0.29) is 12.3 Å². The van der Waals surface area contributed by atoms with Crippen LogP contribution in [0.25, 0.3) is 10.2 Å². The molecule has 1 atom stereocenters. The number of rotatable bonds is 7. The SMILES string of the molecule is COC(=O)C(Cc1ccccc1)NC(=O)CCc1nc2ccccc2s1. The molecule has 0 bridgehead atoms. The Morgan fingerprint density at radius 1 is 1.12 bits per heavy atom. The van der Waals surface area contributed by atoms with Gasteiger partial charge in [0.2, 0.25) is 5.91 Å². The Morgan fingerprint density at radius 2 is 1.85 bits per heavy atom. The molecule has 3 aromatic rings. The monoisotopic (exact) mass is 368 g/mol. The third-order valence-electron chi connectivity index (χ3n) is 4.01. The van der Waals surface area contributed by atoms with Crippen molar-refractivity contribution in [3.8, 4) is 0 Å². The van der Waals surface area contributed by atoms with E-state index in [1.807, 2.05) is 54.6 Å². The maximum Gasteiger partial charge on any atom is 0.328 e. The number of benzene rings is 2. The lowest BCUT2D eigenvalue weighted by Crippen LogP contribution is -2.43. The highest BCUT2D eigenvalue weighted by Crippen LogP contribution is 2.22. The minimum atomic E-state index is -0.690. The Hall–Kier alpha value is -2.73. The number of nitrogens with one attached hydrogen (secondary N) is 1. The van der Waals surface area contributed by atoms with Gasteiger partial charge in [0, 0.05) is 19.3 Å². The number of aromatic nitrogens is 1. The van der Waals surface area contributed by atoms with Gasteiger partial charge in [0.05, 0.1) is 22.3 Å². The number of para-hydroxylation sites is 1. The van der Waals surface area contributed by atoms with Crippen LogP contribution < -0.4 is 5.32 Å². The number of esters is 1. The van der Waals surface area contributed by atoms with Gasteiger partial charge in [-0.05, 0) is 17.7 Å². The zero-order valence-corrected chi connectivity index (χ0v) is 15.3. The van der Waals surface area contributed by atoms with Crippen LogP contribution >= 0.6 is 11.3 Å². The second-order valence-electron chi connectivity index (χ2n) is 5.91. The van der Waals surface area contributed by atoms with Gasteiger partial charge in [0.15, 0.2) is 0 Å². The van der Waals surface area contributed by atoms with E-state index in [4.69, 9.17) is 4.74 Å². The summed E-state index contributed by atoms with van der Waals surface area (Å²) >= 11 is 1.59. The molecule has 5 nitrogen and oxygen atoms in total. The summed E-state index contributed by atoms with van der Waals surface area (Å²) in [5.74, 6) is -0.627. The first-order chi connectivity index (χ1) is 12.7. The number of fused-ring (bicyclic) bond motifs is 1. The van der Waals surface area contributed by atoms with Crippen LogP contribution in [0.3, 0.4) is 0 Å². The predicted molar refractivity (Wildman–Crippen MR) is 102 cm³/mol. The van der Waals surface area contributed by atoms with E-state index in [0.29, 0.717) is 12.8 Å². The van der Waals surface area contributed by atoms with Crippen molar-refractivity contribution in [1.82, 2.24) is 10.3 Å². The number of aryl methyl sites for hydroxylation is 1. The number of hydrogen-bond donors (Lipinski definition) is 1. The fourth-order valence-electron chi connectivity index (χ4n) is 2.70. The molecule has 134 valence electrons. The molecular formula is C20H20N2O3S. The molecule has 1 aromatic heterocycles. The number of amides is 1. The van der Waals surface area contributed by atoms with Gasteiger partial charge in [-0.2, -0.15) is 0 Å². The number of carbonyl (C=O) groups is 2. The topological polar surface area (TPSA) is 68.3 Å². The maximum atomic E-state index is 12.3. The van der Waals surface area contributed by atoms with Gasteiger partial charge in [-0.25, -0.2) is 9.78 Å². The zero-order chi connectivity index (χ0) is 18.4. The van der Waals surface area contributed by atoms with Gasteiger partial charge in [-0.1, -0.05) is 42.5 Å². The first-order valence-electron chi connectivity index (χ1n) is 8.41. The fourth-order valence-corrected chi connectivity index (χ4v) is 3.67. The van der Waals surface area contributed by atoms with E-state index < -0.39 is 12.0 Å². The Morgan fingerprint density at radius 3 is 2.58 bits per heavy atom. The van der Waals surface area contributed by atoms with Crippen molar-refractivity contribution in [1.29, 1.82) is 0 Å². The molecule has 0 spiro atoms. The summed E-state index contributed by atoms with van der Waals surface area (Å²) in [5, 5.41) is 3.70. The van der Waals surface area contributed by atoms with Crippen molar-refractivity contribution in [3.05, 3.63) is 65.2 Å². The summed E-state index contributed by atoms with van der Waals surface area (Å²) in [6, 6.07) is 16.8. The standard InChI is InChI=1S/C20H20N2O3S/c1-25-20(24)16(13-14-7-3-2-4-8-14)21-18(23)11-12-19-22-15-9-5-6-10-17(15)26-19/h2-10,16H,11-13H2,1H3,(H,21,23). The van der Waals surface area contributed by atoms with Gasteiger partial charge in [0.25, 0.3) is 0 Å². The first kappa shape index (κ1) is 18.1. The van der Waals surface area contributed by atoms with Crippen molar-refractivity contribution in [2.45, 2.75) is 25.3 Å². The smallest absolute Gasteiger partial charge is 0.328 e. The molecule has 1 amide bonds. The average Bonchev–Trinajstić information content (AvgIpc) is 3.09. The van der Waals surface area contributed by atoms with E-state index in [9.17, 15) is 9.59 Å². The minimum absolute atomic E-state index is 0.185. The lowest BCUT2D eigenvalue weighted by atomic mass is 10.1. The molecule has 3 rings (SSSR count). The van der Waals surface area contributed by atoms with E-state index in [2.05, 4.69) is 10.3 Å². The average molecular weight is 368 g/mol. The Bertz CT molecular complexity index is 859. The van der Waals surface area contributed by atoms with Gasteiger partial charge >= 0.3 is 5.97 Å². The summed E-state index contributed by atoms with van der Waals surface area (Å²) in [6.07, 6.45) is 1.23. The number of thiazole rings is 1. The molecule has 0 saturated carbocycles. The molecule has 1 N–H and O–H groups in total. The van der Waals surface area contributed by atoms with Crippen LogP contribution in [0, 0.1) is 0 Å². The minimum Gasteiger partial charge on any atom is -0.467 e. The first-order valence-corrected chi connectivity index (χ1v) is 9.23. The molecule has 2 aromatic carbocycles. The summed E-state index contributed by atoms with van der Waals surface area (Å²) in [4.78, 5) is 28.8. The van der Waals surface area contributed by atoms with Crippen LogP contribution in [0.2, 0.25) is 0 Å². The van der Waals surface area contributed by atoms with Crippen LogP contribution in [0.4, 0.5) is 0 Å². The van der Waals surface area contributed by atoms with Crippen molar-refractivity contribution in [3.63, 3.8) is 0 Å². The zero-order valence-electron chi connectivity index (χ0n) is 14.5. The summed E-state index contributed by atoms with van der Waals surface area (Å²) in [7, 11) is 1.33. The maximum absolute atomic E-state index is 12.3. The highest BCUT2D eigenvalue weighted by Gasteiger charge is 2.22. The Balaban J connectivity index is 1.59. The molecule has 6 heteroatoms. The predicted octanol–water partition coefficient (Wildman–Crippen LogP) is 3.13. The van der Waals surface area contributed by atoms with Gasteiger partial charge in [-0.3, -0.25) is 4.79 Å². The van der Waals surface area contributed by atoms with Gasteiger partial charge < -0.3 is 10.1 Å². The molecule has 0 radical (unpaired) electrons. The molecule has 0 aliphatic rings. The van der Waals surface area contributed by atoms with E-state index in [1.54, 1.807) is 11.3 Å². The number of methoxy groups -OCH3 is 1. The third kappa shape index (κ3) is 4.67. The Kier molecular flexibility index (Phi) is 5.96. The largest absolute Gasteiger partial charge is 0.467 e. The van der Waals surface area contributed by atoms with Crippen molar-refractivity contribution in [2.24, 2.45) is 0 Å². The molecule has 0 aliphatic carbocycles. The van der Waals surface area contributed by atoms with Crippen LogP contribution in [0.15, 0.2) is 54.6 Å². The van der Waals surface area contributed by atoms with Gasteiger partial charge in [0.1, 0.15) is 6.04 Å². The van der Waals surface area contributed by atoms with Gasteiger partial charge in [-0.15, -0.1) is 11.3 Å². The van der Waals surface area contributed by atoms with E-state index in [1.165, 1.54) is 7.11 Å². The molecule has 1 heterocycles. The molecule has 1 unspecified atom stereocenters. The number of carbonyl (C=O) groups excluding carboxylic acids is 2. The molecular weight excluding hydrogens is 348 g/mol. The normalized spacial score (nSPS) is 11.9. The summed E-state index contributed by atoms with van der Waals surface area (Å²) in [5.41, 5.74) is 1.92. The van der Waals surface area contributed by atoms with Crippen LogP contribution in [0.5, 0.6) is 0 Å². The van der Waals surface area contributed by atoms with Crippen LogP contribution in [0.1, 0.15) is 17.0 Å². The molecule has 0 saturated heterocycles. The second kappa shape index (κ2) is 8.58. The third-order valence-corrected chi connectivity index (χ3v) is 5.10. The molecule has 0 fully saturated rings. The Labute approximate surface area is 156 Å². The van der Waals surface area contributed by atoms with Crippen LogP contribution in [-0.2, 0) is 27.2 Å². The molecule has 0 aliphatic heterocycles.